The Bertz CT molecular complexity index is 678. The molecule has 1 aliphatic heterocycles. The molecule has 3 rings (SSSR count). The maximum absolute atomic E-state index is 12.5. The maximum Gasteiger partial charge on any atom is 0.241 e. The van der Waals surface area contributed by atoms with Crippen LogP contribution in [0.15, 0.2) is 54.6 Å². The summed E-state index contributed by atoms with van der Waals surface area (Å²) in [5.41, 5.74) is 3.28. The lowest BCUT2D eigenvalue weighted by Crippen LogP contribution is -2.52. The number of carbonyl (C=O) groups excluding carboxylic acids is 1. The van der Waals surface area contributed by atoms with Gasteiger partial charge in [-0.15, -0.1) is 0 Å². The molecule has 1 saturated heterocycles. The van der Waals surface area contributed by atoms with Crippen LogP contribution < -0.4 is 10.2 Å². The summed E-state index contributed by atoms with van der Waals surface area (Å²) < 4.78 is 0. The molecule has 1 heterocycles. The fraction of sp³-hybridized carbons (Fsp3) is 0.350. The Morgan fingerprint density at radius 1 is 1.00 bits per heavy atom. The van der Waals surface area contributed by atoms with E-state index in [0.717, 1.165) is 37.4 Å². The first-order valence-electron chi connectivity index (χ1n) is 8.55. The number of para-hydroxylation sites is 1. The highest BCUT2D eigenvalue weighted by Gasteiger charge is 2.25. The highest BCUT2D eigenvalue weighted by molar-refractivity contribution is 5.94. The average Bonchev–Trinajstić information content (AvgIpc) is 2.62. The van der Waals surface area contributed by atoms with Crippen LogP contribution >= 0.6 is 0 Å². The number of rotatable bonds is 4. The first-order valence-corrected chi connectivity index (χ1v) is 8.55. The van der Waals surface area contributed by atoms with Gasteiger partial charge in [-0.05, 0) is 43.7 Å². The van der Waals surface area contributed by atoms with Crippen LogP contribution in [0.1, 0.15) is 12.5 Å². The van der Waals surface area contributed by atoms with Crippen molar-refractivity contribution >= 4 is 17.3 Å². The third-order valence-corrected chi connectivity index (χ3v) is 4.65. The molecular formula is C20H25N3O. The summed E-state index contributed by atoms with van der Waals surface area (Å²) in [4.78, 5) is 17.1. The third-order valence-electron chi connectivity index (χ3n) is 4.65. The molecule has 2 aromatic rings. The molecule has 0 unspecified atom stereocenters. The number of amides is 1. The summed E-state index contributed by atoms with van der Waals surface area (Å²) in [6.07, 6.45) is 0. The van der Waals surface area contributed by atoms with E-state index < -0.39 is 0 Å². The summed E-state index contributed by atoms with van der Waals surface area (Å²) in [6, 6.07) is 18.3. The third kappa shape index (κ3) is 3.95. The van der Waals surface area contributed by atoms with Gasteiger partial charge in [0.1, 0.15) is 0 Å². The molecule has 24 heavy (non-hydrogen) atoms. The zero-order valence-corrected chi connectivity index (χ0v) is 14.4. The van der Waals surface area contributed by atoms with E-state index >= 15 is 0 Å². The Kier molecular flexibility index (Phi) is 5.16. The van der Waals surface area contributed by atoms with Crippen LogP contribution in [-0.4, -0.2) is 43.0 Å². The van der Waals surface area contributed by atoms with E-state index in [1.165, 1.54) is 5.69 Å². The van der Waals surface area contributed by atoms with Crippen LogP contribution in [-0.2, 0) is 4.79 Å². The van der Waals surface area contributed by atoms with Crippen molar-refractivity contribution in [3.63, 3.8) is 0 Å². The van der Waals surface area contributed by atoms with E-state index in [1.807, 2.05) is 44.2 Å². The molecule has 0 aromatic heterocycles. The fourth-order valence-electron chi connectivity index (χ4n) is 3.14. The molecule has 0 radical (unpaired) electrons. The summed E-state index contributed by atoms with van der Waals surface area (Å²) in [6.45, 7) is 7.72. The van der Waals surface area contributed by atoms with Crippen LogP contribution in [0.3, 0.4) is 0 Å². The summed E-state index contributed by atoms with van der Waals surface area (Å²) in [5.74, 6) is 0.0637. The summed E-state index contributed by atoms with van der Waals surface area (Å²) in [5, 5.41) is 3.03. The second-order valence-corrected chi connectivity index (χ2v) is 6.39. The Balaban J connectivity index is 1.55. The molecule has 0 spiro atoms. The van der Waals surface area contributed by atoms with Crippen LogP contribution in [0, 0.1) is 6.92 Å². The number of nitrogens with one attached hydrogen (secondary N) is 1. The van der Waals surface area contributed by atoms with E-state index in [-0.39, 0.29) is 11.9 Å². The van der Waals surface area contributed by atoms with Crippen LogP contribution in [0.4, 0.5) is 11.4 Å². The predicted octanol–water partition coefficient (Wildman–Crippen LogP) is 3.14. The first kappa shape index (κ1) is 16.5. The van der Waals surface area contributed by atoms with Gasteiger partial charge in [-0.2, -0.15) is 0 Å². The van der Waals surface area contributed by atoms with Crippen molar-refractivity contribution in [2.45, 2.75) is 19.9 Å². The molecule has 1 aliphatic rings. The standard InChI is InChI=1S/C20H25N3O/c1-16-7-6-8-18(15-16)21-20(24)17(2)22-11-13-23(14-12-22)19-9-4-3-5-10-19/h3-10,15,17H,11-14H2,1-2H3,(H,21,24)/t17-/m0/s1. The SMILES string of the molecule is Cc1cccc(NC(=O)[C@H](C)N2CCN(c3ccccc3)CC2)c1. The Hall–Kier alpha value is -2.33. The van der Waals surface area contributed by atoms with Gasteiger partial charge in [-0.1, -0.05) is 30.3 Å². The molecular weight excluding hydrogens is 298 g/mol. The largest absolute Gasteiger partial charge is 0.369 e. The van der Waals surface area contributed by atoms with Crippen molar-refractivity contribution in [1.82, 2.24) is 4.90 Å². The molecule has 0 bridgehead atoms. The second kappa shape index (κ2) is 7.49. The number of nitrogens with zero attached hydrogens (tertiary/aromatic N) is 2. The zero-order chi connectivity index (χ0) is 16.9. The zero-order valence-electron chi connectivity index (χ0n) is 14.4. The molecule has 1 amide bonds. The topological polar surface area (TPSA) is 35.6 Å². The van der Waals surface area contributed by atoms with Crippen molar-refractivity contribution in [3.8, 4) is 0 Å². The molecule has 0 aliphatic carbocycles. The number of carbonyl (C=O) groups is 1. The fourth-order valence-corrected chi connectivity index (χ4v) is 3.14. The van der Waals surface area contributed by atoms with E-state index in [1.54, 1.807) is 0 Å². The average molecular weight is 323 g/mol. The molecule has 2 aromatic carbocycles. The van der Waals surface area contributed by atoms with Crippen molar-refractivity contribution in [1.29, 1.82) is 0 Å². The number of hydrogen-bond donors (Lipinski definition) is 1. The number of piperazine rings is 1. The Labute approximate surface area is 144 Å². The Morgan fingerprint density at radius 3 is 2.38 bits per heavy atom. The van der Waals surface area contributed by atoms with Crippen LogP contribution in [0.2, 0.25) is 0 Å². The van der Waals surface area contributed by atoms with E-state index in [2.05, 4.69) is 39.4 Å². The molecule has 126 valence electrons. The lowest BCUT2D eigenvalue weighted by atomic mass is 10.1. The van der Waals surface area contributed by atoms with Gasteiger partial charge < -0.3 is 10.2 Å². The molecule has 1 fully saturated rings. The minimum absolute atomic E-state index is 0.0637. The quantitative estimate of drug-likeness (QED) is 0.939. The summed E-state index contributed by atoms with van der Waals surface area (Å²) in [7, 11) is 0. The van der Waals surface area contributed by atoms with Crippen LogP contribution in [0.25, 0.3) is 0 Å². The second-order valence-electron chi connectivity index (χ2n) is 6.39. The maximum atomic E-state index is 12.5. The molecule has 4 heteroatoms. The van der Waals surface area contributed by atoms with Gasteiger partial charge in [0.25, 0.3) is 0 Å². The summed E-state index contributed by atoms with van der Waals surface area (Å²) >= 11 is 0. The van der Waals surface area contributed by atoms with E-state index in [9.17, 15) is 4.79 Å². The number of aryl methyl sites for hydroxylation is 1. The predicted molar refractivity (Wildman–Crippen MR) is 99.5 cm³/mol. The van der Waals surface area contributed by atoms with Crippen molar-refractivity contribution in [2.24, 2.45) is 0 Å². The molecule has 0 saturated carbocycles. The molecule has 1 atom stereocenters. The van der Waals surface area contributed by atoms with Gasteiger partial charge in [0, 0.05) is 37.6 Å². The minimum atomic E-state index is -0.122. The highest BCUT2D eigenvalue weighted by Crippen LogP contribution is 2.17. The number of hydrogen-bond acceptors (Lipinski definition) is 3. The van der Waals surface area contributed by atoms with E-state index in [4.69, 9.17) is 0 Å². The van der Waals surface area contributed by atoms with Gasteiger partial charge in [-0.3, -0.25) is 9.69 Å². The molecule has 4 nitrogen and oxygen atoms in total. The monoisotopic (exact) mass is 323 g/mol. The smallest absolute Gasteiger partial charge is 0.241 e. The van der Waals surface area contributed by atoms with E-state index in [0.29, 0.717) is 0 Å². The van der Waals surface area contributed by atoms with Crippen LogP contribution in [0.5, 0.6) is 0 Å². The van der Waals surface area contributed by atoms with Crippen molar-refractivity contribution in [2.75, 3.05) is 36.4 Å². The lowest BCUT2D eigenvalue weighted by Gasteiger charge is -2.38. The van der Waals surface area contributed by atoms with Crippen molar-refractivity contribution < 1.29 is 4.79 Å². The Morgan fingerprint density at radius 2 is 1.71 bits per heavy atom. The van der Waals surface area contributed by atoms with Gasteiger partial charge in [0.05, 0.1) is 6.04 Å². The van der Waals surface area contributed by atoms with Gasteiger partial charge in [0.2, 0.25) is 5.91 Å². The minimum Gasteiger partial charge on any atom is -0.369 e. The van der Waals surface area contributed by atoms with Gasteiger partial charge >= 0.3 is 0 Å². The normalized spacial score (nSPS) is 16.7. The number of benzene rings is 2. The molecule has 1 N–H and O–H groups in total. The first-order chi connectivity index (χ1) is 11.6. The van der Waals surface area contributed by atoms with Gasteiger partial charge in [-0.25, -0.2) is 0 Å². The van der Waals surface area contributed by atoms with Crippen molar-refractivity contribution in [3.05, 3.63) is 60.2 Å². The highest BCUT2D eigenvalue weighted by atomic mass is 16.2. The van der Waals surface area contributed by atoms with Gasteiger partial charge in [0.15, 0.2) is 0 Å². The lowest BCUT2D eigenvalue weighted by molar-refractivity contribution is -0.120. The number of anilines is 2.